The predicted molar refractivity (Wildman–Crippen MR) is 142 cm³/mol. The van der Waals surface area contributed by atoms with E-state index in [1.165, 1.54) is 21.3 Å². The zero-order chi connectivity index (χ0) is 27.4. The van der Waals surface area contributed by atoms with Crippen LogP contribution in [0.2, 0.25) is 0 Å². The molecule has 1 saturated heterocycles. The third-order valence-electron chi connectivity index (χ3n) is 6.55. The highest BCUT2D eigenvalue weighted by molar-refractivity contribution is 6.07. The second-order valence-corrected chi connectivity index (χ2v) is 8.69. The minimum atomic E-state index is -1.02. The number of methoxy groups -OCH3 is 4. The Kier molecular flexibility index (Phi) is 8.04. The van der Waals surface area contributed by atoms with Crippen molar-refractivity contribution in [2.24, 2.45) is 5.73 Å². The first-order valence-corrected chi connectivity index (χ1v) is 11.9. The molecule has 38 heavy (non-hydrogen) atoms. The molecule has 1 aliphatic rings. The molecular weight excluding hydrogens is 490 g/mol. The number of nitrogens with one attached hydrogen (secondary N) is 1. The molecule has 0 aliphatic carbocycles. The fourth-order valence-electron chi connectivity index (χ4n) is 4.54. The van der Waals surface area contributed by atoms with Gasteiger partial charge in [-0.1, -0.05) is 24.3 Å². The van der Waals surface area contributed by atoms with Gasteiger partial charge < -0.3 is 40.0 Å². The lowest BCUT2D eigenvalue weighted by atomic mass is 9.77. The van der Waals surface area contributed by atoms with E-state index in [0.717, 1.165) is 11.1 Å². The highest BCUT2D eigenvalue weighted by Crippen LogP contribution is 2.52. The van der Waals surface area contributed by atoms with Gasteiger partial charge in [-0.05, 0) is 35.4 Å². The van der Waals surface area contributed by atoms with Crippen molar-refractivity contribution in [3.05, 3.63) is 71.8 Å². The standard InChI is InChI=1S/C28H31N3O7/c1-35-20-11-7-17(8-12-20)25-24(16-5-9-18(10-6-16)30-27(33)21(29)15-32)28(34)31(25)19-13-22(36-2)26(38-4)23(14-19)37-3/h5-14,21,24-25,32H,15,29H2,1-4H3,(H,30,33)/t21-,24-,25-/m0/s1. The van der Waals surface area contributed by atoms with Crippen molar-refractivity contribution < 1.29 is 33.6 Å². The summed E-state index contributed by atoms with van der Waals surface area (Å²) in [6, 6.07) is 16.7. The minimum absolute atomic E-state index is 0.112. The van der Waals surface area contributed by atoms with Crippen molar-refractivity contribution in [3.8, 4) is 23.0 Å². The van der Waals surface area contributed by atoms with Crippen LogP contribution in [0.1, 0.15) is 23.1 Å². The Morgan fingerprint density at radius 3 is 2.00 bits per heavy atom. The monoisotopic (exact) mass is 521 g/mol. The van der Waals surface area contributed by atoms with E-state index in [1.807, 2.05) is 24.3 Å². The molecule has 0 bridgehead atoms. The smallest absolute Gasteiger partial charge is 0.243 e. The number of nitrogens with zero attached hydrogens (tertiary/aromatic N) is 1. The van der Waals surface area contributed by atoms with Gasteiger partial charge in [-0.25, -0.2) is 0 Å². The molecule has 200 valence electrons. The molecule has 3 aromatic carbocycles. The lowest BCUT2D eigenvalue weighted by molar-refractivity contribution is -0.126. The minimum Gasteiger partial charge on any atom is -0.497 e. The van der Waals surface area contributed by atoms with Crippen molar-refractivity contribution in [2.75, 3.05) is 45.3 Å². The van der Waals surface area contributed by atoms with E-state index in [0.29, 0.717) is 34.4 Å². The molecule has 1 fully saturated rings. The van der Waals surface area contributed by atoms with Crippen LogP contribution in [-0.4, -0.2) is 58.0 Å². The lowest BCUT2D eigenvalue weighted by Gasteiger charge is -2.48. The van der Waals surface area contributed by atoms with Gasteiger partial charge in [0.25, 0.3) is 0 Å². The van der Waals surface area contributed by atoms with Gasteiger partial charge in [-0.15, -0.1) is 0 Å². The second kappa shape index (κ2) is 11.4. The van der Waals surface area contributed by atoms with Crippen molar-refractivity contribution in [3.63, 3.8) is 0 Å². The van der Waals surface area contributed by atoms with Crippen LogP contribution in [0.3, 0.4) is 0 Å². The van der Waals surface area contributed by atoms with E-state index < -0.39 is 24.5 Å². The van der Waals surface area contributed by atoms with Crippen LogP contribution in [0.4, 0.5) is 11.4 Å². The molecule has 3 atom stereocenters. The van der Waals surface area contributed by atoms with Crippen molar-refractivity contribution in [1.82, 2.24) is 0 Å². The summed E-state index contributed by atoms with van der Waals surface area (Å²) in [7, 11) is 6.17. The molecule has 0 radical (unpaired) electrons. The summed E-state index contributed by atoms with van der Waals surface area (Å²) >= 11 is 0. The number of carbonyl (C=O) groups excluding carboxylic acids is 2. The normalized spacial score (nSPS) is 17.3. The van der Waals surface area contributed by atoms with Crippen LogP contribution in [0.15, 0.2) is 60.7 Å². The van der Waals surface area contributed by atoms with Crippen molar-refractivity contribution in [2.45, 2.75) is 18.0 Å². The first kappa shape index (κ1) is 26.8. The van der Waals surface area contributed by atoms with Gasteiger partial charge in [0.15, 0.2) is 11.5 Å². The molecule has 1 heterocycles. The Labute approximate surface area is 220 Å². The summed E-state index contributed by atoms with van der Waals surface area (Å²) in [5, 5.41) is 11.8. The van der Waals surface area contributed by atoms with Gasteiger partial charge in [-0.3, -0.25) is 9.59 Å². The van der Waals surface area contributed by atoms with Crippen LogP contribution in [-0.2, 0) is 9.59 Å². The first-order chi connectivity index (χ1) is 18.4. The average molecular weight is 522 g/mol. The van der Waals surface area contributed by atoms with Crippen molar-refractivity contribution in [1.29, 1.82) is 0 Å². The summed E-state index contributed by atoms with van der Waals surface area (Å²) in [5.41, 5.74) is 8.38. The molecule has 10 nitrogen and oxygen atoms in total. The third kappa shape index (κ3) is 4.96. The summed E-state index contributed by atoms with van der Waals surface area (Å²) in [6.45, 7) is -0.458. The maximum atomic E-state index is 13.7. The molecule has 0 unspecified atom stereocenters. The quantitative estimate of drug-likeness (QED) is 0.347. The number of ether oxygens (including phenoxy) is 4. The van der Waals surface area contributed by atoms with Crippen LogP contribution in [0.25, 0.3) is 0 Å². The van der Waals surface area contributed by atoms with E-state index in [-0.39, 0.29) is 11.9 Å². The second-order valence-electron chi connectivity index (χ2n) is 8.69. The Hall–Kier alpha value is -4.28. The number of nitrogens with two attached hydrogens (primary N) is 1. The largest absolute Gasteiger partial charge is 0.497 e. The lowest BCUT2D eigenvalue weighted by Crippen LogP contribution is -2.53. The van der Waals surface area contributed by atoms with Gasteiger partial charge in [-0.2, -0.15) is 0 Å². The van der Waals surface area contributed by atoms with E-state index in [4.69, 9.17) is 29.8 Å². The maximum absolute atomic E-state index is 13.7. The summed E-state index contributed by atoms with van der Waals surface area (Å²) in [5.74, 6) is 0.926. The summed E-state index contributed by atoms with van der Waals surface area (Å²) in [4.78, 5) is 27.4. The maximum Gasteiger partial charge on any atom is 0.243 e. The van der Waals surface area contributed by atoms with Gasteiger partial charge >= 0.3 is 0 Å². The highest BCUT2D eigenvalue weighted by atomic mass is 16.5. The average Bonchev–Trinajstić information content (AvgIpc) is 2.95. The Morgan fingerprint density at radius 1 is 0.921 bits per heavy atom. The Morgan fingerprint density at radius 2 is 1.50 bits per heavy atom. The number of hydrogen-bond donors (Lipinski definition) is 3. The first-order valence-electron chi connectivity index (χ1n) is 11.9. The molecule has 3 aromatic rings. The highest BCUT2D eigenvalue weighted by Gasteiger charge is 2.50. The van der Waals surface area contributed by atoms with E-state index in [2.05, 4.69) is 5.32 Å². The van der Waals surface area contributed by atoms with E-state index >= 15 is 0 Å². The Bertz CT molecular complexity index is 1270. The number of aliphatic hydroxyl groups excluding tert-OH is 1. The number of amides is 2. The van der Waals surface area contributed by atoms with Crippen LogP contribution in [0.5, 0.6) is 23.0 Å². The Balaban J connectivity index is 1.72. The molecule has 10 heteroatoms. The molecule has 0 aromatic heterocycles. The number of β-lactam (4-membered cyclic amide) rings is 1. The number of rotatable bonds is 10. The van der Waals surface area contributed by atoms with Gasteiger partial charge in [0, 0.05) is 17.8 Å². The van der Waals surface area contributed by atoms with Crippen molar-refractivity contribution >= 4 is 23.2 Å². The molecule has 4 rings (SSSR count). The number of aliphatic hydroxyl groups is 1. The summed E-state index contributed by atoms with van der Waals surface area (Å²) < 4.78 is 21.8. The van der Waals surface area contributed by atoms with E-state index in [1.54, 1.807) is 48.4 Å². The SMILES string of the molecule is COc1ccc([C@H]2[C@H](c3ccc(NC(=O)[C@@H](N)CO)cc3)C(=O)N2c2cc(OC)c(OC)c(OC)c2)cc1. The third-order valence-corrected chi connectivity index (χ3v) is 6.55. The van der Waals surface area contributed by atoms with Gasteiger partial charge in [0.2, 0.25) is 17.6 Å². The fourth-order valence-corrected chi connectivity index (χ4v) is 4.54. The number of anilines is 2. The number of carbonyl (C=O) groups is 2. The molecule has 0 spiro atoms. The van der Waals surface area contributed by atoms with Gasteiger partial charge in [0.1, 0.15) is 11.8 Å². The topological polar surface area (TPSA) is 133 Å². The van der Waals surface area contributed by atoms with Crippen LogP contribution in [0, 0.1) is 0 Å². The zero-order valence-corrected chi connectivity index (χ0v) is 21.6. The summed E-state index contributed by atoms with van der Waals surface area (Å²) in [6.07, 6.45) is 0. The molecule has 0 saturated carbocycles. The predicted octanol–water partition coefficient (Wildman–Crippen LogP) is 2.85. The molecule has 4 N–H and O–H groups in total. The van der Waals surface area contributed by atoms with Crippen LogP contribution < -0.4 is 34.9 Å². The number of hydrogen-bond acceptors (Lipinski definition) is 8. The zero-order valence-electron chi connectivity index (χ0n) is 21.6. The molecule has 1 aliphatic heterocycles. The van der Waals surface area contributed by atoms with Crippen LogP contribution >= 0.6 is 0 Å². The fraction of sp³-hybridized carbons (Fsp3) is 0.286. The van der Waals surface area contributed by atoms with Gasteiger partial charge in [0.05, 0.1) is 52.7 Å². The number of benzene rings is 3. The van der Waals surface area contributed by atoms with E-state index in [9.17, 15) is 9.59 Å². The molecule has 2 amide bonds. The molecular formula is C28H31N3O7.